The van der Waals surface area contributed by atoms with E-state index in [4.69, 9.17) is 9.84 Å². The van der Waals surface area contributed by atoms with Crippen LogP contribution in [0.25, 0.3) is 11.3 Å². The molecule has 1 N–H and O–H groups in total. The highest BCUT2D eigenvalue weighted by molar-refractivity contribution is 6.06. The van der Waals surface area contributed by atoms with Gasteiger partial charge in [-0.05, 0) is 23.4 Å². The first-order chi connectivity index (χ1) is 8.66. The minimum Gasteiger partial charge on any atom is -0.475 e. The molecule has 18 heavy (non-hydrogen) atoms. The Morgan fingerprint density at radius 2 is 2.11 bits per heavy atom. The first kappa shape index (κ1) is 10.8. The first-order valence-electron chi connectivity index (χ1n) is 5.46. The van der Waals surface area contributed by atoms with Crippen LogP contribution < -0.4 is 10.4 Å². The van der Waals surface area contributed by atoms with E-state index in [1.54, 1.807) is 18.2 Å². The van der Waals surface area contributed by atoms with Crippen LogP contribution >= 0.6 is 0 Å². The van der Waals surface area contributed by atoms with Gasteiger partial charge in [0, 0.05) is 10.8 Å². The van der Waals surface area contributed by atoms with Gasteiger partial charge >= 0.3 is 5.97 Å². The molecule has 3 rings (SSSR count). The van der Waals surface area contributed by atoms with Crippen LogP contribution in [0, 0.1) is 5.82 Å². The third kappa shape index (κ3) is 1.54. The average Bonchev–Trinajstić information content (AvgIpc) is 2.37. The van der Waals surface area contributed by atoms with Crippen LogP contribution in [-0.2, 0) is 9.53 Å². The van der Waals surface area contributed by atoms with Crippen LogP contribution in [0.3, 0.4) is 0 Å². The summed E-state index contributed by atoms with van der Waals surface area (Å²) in [6.07, 6.45) is 6.83. The number of carbonyl (C=O) groups is 1. The number of hydrogen-bond acceptors (Lipinski definition) is 2. The number of carboxylic acid groups (broad SMARTS) is 1. The first-order valence-corrected chi connectivity index (χ1v) is 5.46. The van der Waals surface area contributed by atoms with E-state index < -0.39 is 17.9 Å². The summed E-state index contributed by atoms with van der Waals surface area (Å²) in [5.41, 5.74) is 0.845. The Hall–Kier alpha value is -2.36. The number of allylic oxidation sites excluding steroid dienone is 2. The number of ether oxygens (including phenoxy) is 1. The number of aliphatic carboxylic acids is 1. The summed E-state index contributed by atoms with van der Waals surface area (Å²) >= 11 is 0. The van der Waals surface area contributed by atoms with E-state index in [-0.39, 0.29) is 11.0 Å². The van der Waals surface area contributed by atoms with Gasteiger partial charge in [0.1, 0.15) is 11.9 Å². The lowest BCUT2D eigenvalue weighted by atomic mass is 9.98. The van der Waals surface area contributed by atoms with Gasteiger partial charge in [-0.3, -0.25) is 0 Å². The van der Waals surface area contributed by atoms with Gasteiger partial charge in [-0.2, -0.15) is 0 Å². The Morgan fingerprint density at radius 1 is 1.28 bits per heavy atom. The Kier molecular flexibility index (Phi) is 2.30. The van der Waals surface area contributed by atoms with Gasteiger partial charge in [-0.25, -0.2) is 9.18 Å². The van der Waals surface area contributed by atoms with Crippen LogP contribution in [-0.4, -0.2) is 17.2 Å². The summed E-state index contributed by atoms with van der Waals surface area (Å²) < 4.78 is 18.7. The predicted octanol–water partition coefficient (Wildman–Crippen LogP) is 0.694. The van der Waals surface area contributed by atoms with Crippen molar-refractivity contribution in [2.24, 2.45) is 0 Å². The second-order valence-electron chi connectivity index (χ2n) is 4.06. The fourth-order valence-electron chi connectivity index (χ4n) is 2.18. The molecule has 0 spiro atoms. The molecule has 0 aromatic heterocycles. The highest BCUT2D eigenvalue weighted by Crippen LogP contribution is 2.20. The zero-order valence-electron chi connectivity index (χ0n) is 9.26. The third-order valence-electron chi connectivity index (χ3n) is 2.96. The second-order valence-corrected chi connectivity index (χ2v) is 4.06. The van der Waals surface area contributed by atoms with Crippen molar-refractivity contribution < 1.29 is 19.0 Å². The summed E-state index contributed by atoms with van der Waals surface area (Å²) in [7, 11) is 0. The van der Waals surface area contributed by atoms with Crippen molar-refractivity contribution in [3.63, 3.8) is 0 Å². The van der Waals surface area contributed by atoms with Gasteiger partial charge in [0.15, 0.2) is 0 Å². The number of hydrogen-bond donors (Lipinski definition) is 1. The van der Waals surface area contributed by atoms with Gasteiger partial charge in [-0.1, -0.05) is 24.3 Å². The van der Waals surface area contributed by atoms with E-state index in [0.717, 1.165) is 5.57 Å². The minimum atomic E-state index is -1.19. The van der Waals surface area contributed by atoms with Crippen LogP contribution in [0.4, 0.5) is 4.39 Å². The molecule has 0 saturated carbocycles. The smallest absolute Gasteiger partial charge is 0.371 e. The Balaban J connectivity index is 2.45. The van der Waals surface area contributed by atoms with Crippen LogP contribution in [0.2, 0.25) is 0 Å². The van der Waals surface area contributed by atoms with Gasteiger partial charge in [0.2, 0.25) is 5.76 Å². The van der Waals surface area contributed by atoms with Gasteiger partial charge in [0.05, 0.1) is 0 Å². The molecule has 2 aliphatic rings. The fraction of sp³-hybridized carbons (Fsp3) is 0.0714. The van der Waals surface area contributed by atoms with Crippen molar-refractivity contribution in [3.8, 4) is 0 Å². The molecule has 1 atom stereocenters. The van der Waals surface area contributed by atoms with E-state index in [1.807, 2.05) is 12.2 Å². The highest BCUT2D eigenvalue weighted by atomic mass is 19.1. The van der Waals surface area contributed by atoms with Gasteiger partial charge in [-0.15, -0.1) is 0 Å². The zero-order chi connectivity index (χ0) is 12.7. The second kappa shape index (κ2) is 3.84. The lowest BCUT2D eigenvalue weighted by molar-refractivity contribution is -0.133. The van der Waals surface area contributed by atoms with Gasteiger partial charge in [0.25, 0.3) is 0 Å². The molecule has 1 heterocycles. The summed E-state index contributed by atoms with van der Waals surface area (Å²) in [6, 6.07) is 4.09. The lowest BCUT2D eigenvalue weighted by Crippen LogP contribution is -2.40. The van der Waals surface area contributed by atoms with Crippen LogP contribution in [0.1, 0.15) is 0 Å². The molecule has 0 amide bonds. The molecule has 0 saturated heterocycles. The maximum absolute atomic E-state index is 13.3. The molecule has 90 valence electrons. The molecular weight excluding hydrogens is 235 g/mol. The van der Waals surface area contributed by atoms with Crippen LogP contribution in [0.15, 0.2) is 42.5 Å². The quantitative estimate of drug-likeness (QED) is 0.790. The summed E-state index contributed by atoms with van der Waals surface area (Å²) in [5, 5.41) is 10.1. The molecular formula is C14H9FO3. The van der Waals surface area contributed by atoms with E-state index in [2.05, 4.69) is 0 Å². The lowest BCUT2D eigenvalue weighted by Gasteiger charge is -2.23. The maximum atomic E-state index is 13.3. The van der Waals surface area contributed by atoms with Crippen molar-refractivity contribution in [1.82, 2.24) is 0 Å². The number of halogens is 1. The molecule has 1 aliphatic carbocycles. The summed E-state index contributed by atoms with van der Waals surface area (Å²) in [6.45, 7) is 0. The summed E-state index contributed by atoms with van der Waals surface area (Å²) in [4.78, 5) is 11.2. The number of rotatable bonds is 1. The molecule has 0 fully saturated rings. The van der Waals surface area contributed by atoms with Crippen molar-refractivity contribution in [3.05, 3.63) is 58.8 Å². The Bertz CT molecular complexity index is 713. The van der Waals surface area contributed by atoms with Crippen molar-refractivity contribution >= 4 is 17.3 Å². The average molecular weight is 244 g/mol. The molecule has 1 aliphatic heterocycles. The molecule has 4 heteroatoms. The molecule has 1 aromatic rings. The molecule has 0 radical (unpaired) electrons. The minimum absolute atomic E-state index is 0.210. The van der Waals surface area contributed by atoms with Gasteiger partial charge < -0.3 is 9.84 Å². The number of carboxylic acids is 1. The molecule has 1 aromatic carbocycles. The zero-order valence-corrected chi connectivity index (χ0v) is 9.26. The highest BCUT2D eigenvalue weighted by Gasteiger charge is 2.24. The standard InChI is InChI=1S/C14H9FO3/c15-8-5-6-9-10-3-1-2-4-12(10)18-13(14(16)17)11(9)7-8/h1-7,12H,(H,16,17). The van der Waals surface area contributed by atoms with E-state index in [1.165, 1.54) is 12.1 Å². The number of benzene rings is 1. The molecule has 0 bridgehead atoms. The molecule has 1 unspecified atom stereocenters. The van der Waals surface area contributed by atoms with E-state index >= 15 is 0 Å². The largest absolute Gasteiger partial charge is 0.475 e. The van der Waals surface area contributed by atoms with Crippen molar-refractivity contribution in [2.75, 3.05) is 0 Å². The summed E-state index contributed by atoms with van der Waals surface area (Å²) in [5.74, 6) is -1.88. The number of fused-ring (bicyclic) bond motifs is 2. The topological polar surface area (TPSA) is 46.5 Å². The maximum Gasteiger partial charge on any atom is 0.371 e. The van der Waals surface area contributed by atoms with Crippen LogP contribution in [0.5, 0.6) is 0 Å². The third-order valence-corrected chi connectivity index (χ3v) is 2.96. The van der Waals surface area contributed by atoms with E-state index in [0.29, 0.717) is 5.22 Å². The van der Waals surface area contributed by atoms with Crippen molar-refractivity contribution in [1.29, 1.82) is 0 Å². The van der Waals surface area contributed by atoms with Crippen molar-refractivity contribution in [2.45, 2.75) is 6.10 Å². The molecule has 3 nitrogen and oxygen atoms in total. The Morgan fingerprint density at radius 3 is 2.89 bits per heavy atom. The Labute approximate surface area is 102 Å². The predicted molar refractivity (Wildman–Crippen MR) is 63.3 cm³/mol. The normalized spacial score (nSPS) is 20.2. The SMILES string of the molecule is O=C(O)C1=c2cc(F)ccc2=C2C=CC=CC2O1. The van der Waals surface area contributed by atoms with E-state index in [9.17, 15) is 9.18 Å². The monoisotopic (exact) mass is 244 g/mol. The fourth-order valence-corrected chi connectivity index (χ4v) is 2.18.